The lowest BCUT2D eigenvalue weighted by Gasteiger charge is -2.10. The van der Waals surface area contributed by atoms with Gasteiger partial charge in [-0.25, -0.2) is 8.42 Å². The lowest BCUT2D eigenvalue weighted by molar-refractivity contribution is 0.601. The van der Waals surface area contributed by atoms with Crippen LogP contribution in [0.4, 0.5) is 5.69 Å². The second kappa shape index (κ2) is 5.64. The van der Waals surface area contributed by atoms with Crippen molar-refractivity contribution in [2.45, 2.75) is 18.4 Å². The average Bonchev–Trinajstić information content (AvgIpc) is 2.77. The van der Waals surface area contributed by atoms with Crippen molar-refractivity contribution in [3.63, 3.8) is 0 Å². The third kappa shape index (κ3) is 3.17. The molecular weight excluding hydrogens is 276 g/mol. The number of hydrogen-bond donors (Lipinski definition) is 2. The van der Waals surface area contributed by atoms with Gasteiger partial charge >= 0.3 is 0 Å². The molecule has 0 atom stereocenters. The largest absolute Gasteiger partial charge is 0.316 e. The first-order valence-electron chi connectivity index (χ1n) is 6.18. The summed E-state index contributed by atoms with van der Waals surface area (Å²) in [7, 11) is -0.0300. The smallest absolute Gasteiger partial charge is 0.262 e. The number of benzene rings is 1. The van der Waals surface area contributed by atoms with E-state index in [9.17, 15) is 8.42 Å². The Hall–Kier alpha value is -1.86. The van der Waals surface area contributed by atoms with Crippen LogP contribution in [-0.2, 0) is 23.6 Å². The van der Waals surface area contributed by atoms with Crippen LogP contribution < -0.4 is 10.0 Å². The van der Waals surface area contributed by atoms with Gasteiger partial charge in [0, 0.05) is 19.8 Å². The highest BCUT2D eigenvalue weighted by Gasteiger charge is 2.16. The van der Waals surface area contributed by atoms with E-state index in [1.54, 1.807) is 30.1 Å². The zero-order chi connectivity index (χ0) is 14.8. The molecule has 20 heavy (non-hydrogen) atoms. The number of nitrogens with one attached hydrogen (secondary N) is 2. The van der Waals surface area contributed by atoms with Gasteiger partial charge in [-0.2, -0.15) is 5.10 Å². The molecule has 1 heterocycles. The average molecular weight is 294 g/mol. The number of hydrogen-bond acceptors (Lipinski definition) is 4. The molecule has 0 spiro atoms. The van der Waals surface area contributed by atoms with E-state index in [2.05, 4.69) is 15.1 Å². The lowest BCUT2D eigenvalue weighted by Crippen LogP contribution is -2.14. The molecule has 2 rings (SSSR count). The first-order chi connectivity index (χ1) is 9.42. The number of sulfonamides is 1. The Morgan fingerprint density at radius 2 is 2.10 bits per heavy atom. The maximum Gasteiger partial charge on any atom is 0.262 e. The third-order valence-electron chi connectivity index (χ3n) is 2.96. The Labute approximate surface area is 118 Å². The zero-order valence-electron chi connectivity index (χ0n) is 11.7. The van der Waals surface area contributed by atoms with Crippen LogP contribution in [0.5, 0.6) is 0 Å². The Morgan fingerprint density at radius 1 is 1.35 bits per heavy atom. The molecule has 108 valence electrons. The van der Waals surface area contributed by atoms with Gasteiger partial charge in [-0.15, -0.1) is 0 Å². The van der Waals surface area contributed by atoms with Gasteiger partial charge < -0.3 is 5.32 Å². The highest BCUT2D eigenvalue weighted by Crippen LogP contribution is 2.18. The first-order valence-corrected chi connectivity index (χ1v) is 7.66. The van der Waals surface area contributed by atoms with Crippen LogP contribution in [-0.4, -0.2) is 25.2 Å². The summed E-state index contributed by atoms with van der Waals surface area (Å²) in [6.07, 6.45) is 3.08. The van der Waals surface area contributed by atoms with Gasteiger partial charge in [-0.3, -0.25) is 9.40 Å². The van der Waals surface area contributed by atoms with Crippen molar-refractivity contribution in [2.24, 2.45) is 7.05 Å². The van der Waals surface area contributed by atoms with Crippen molar-refractivity contribution < 1.29 is 8.42 Å². The van der Waals surface area contributed by atoms with E-state index in [1.165, 1.54) is 6.20 Å². The van der Waals surface area contributed by atoms with Crippen molar-refractivity contribution in [1.82, 2.24) is 15.1 Å². The Bertz CT molecular complexity index is 707. The van der Waals surface area contributed by atoms with Gasteiger partial charge in [0.15, 0.2) is 0 Å². The van der Waals surface area contributed by atoms with Crippen LogP contribution in [0.3, 0.4) is 0 Å². The monoisotopic (exact) mass is 294 g/mol. The number of aromatic nitrogens is 2. The molecule has 0 saturated carbocycles. The summed E-state index contributed by atoms with van der Waals surface area (Å²) < 4.78 is 28.7. The topological polar surface area (TPSA) is 76.0 Å². The maximum atomic E-state index is 12.3. The maximum absolute atomic E-state index is 12.3. The van der Waals surface area contributed by atoms with Crippen LogP contribution in [0, 0.1) is 6.92 Å². The molecular formula is C13H18N4O2S. The first kappa shape index (κ1) is 14.5. The minimum absolute atomic E-state index is 0.247. The van der Waals surface area contributed by atoms with Gasteiger partial charge in [0.2, 0.25) is 0 Å². The summed E-state index contributed by atoms with van der Waals surface area (Å²) in [4.78, 5) is 0.247. The fourth-order valence-electron chi connectivity index (χ4n) is 1.88. The van der Waals surface area contributed by atoms with Crippen LogP contribution in [0.15, 0.2) is 35.5 Å². The number of rotatable bonds is 5. The minimum atomic E-state index is -3.59. The summed E-state index contributed by atoms with van der Waals surface area (Å²) in [5.74, 6) is 0. The van der Waals surface area contributed by atoms with Gasteiger partial charge in [-0.05, 0) is 37.2 Å². The Balaban J connectivity index is 2.31. The summed E-state index contributed by atoms with van der Waals surface area (Å²) >= 11 is 0. The van der Waals surface area contributed by atoms with Crippen molar-refractivity contribution in [1.29, 1.82) is 0 Å². The second-order valence-corrected chi connectivity index (χ2v) is 6.31. The van der Waals surface area contributed by atoms with Crippen molar-refractivity contribution in [3.05, 3.63) is 41.7 Å². The predicted octanol–water partition coefficient (Wildman–Crippen LogP) is 1.25. The highest BCUT2D eigenvalue weighted by molar-refractivity contribution is 7.92. The van der Waals surface area contributed by atoms with Crippen LogP contribution in [0.1, 0.15) is 11.1 Å². The van der Waals surface area contributed by atoms with Crippen molar-refractivity contribution >= 4 is 15.7 Å². The SMILES string of the molecule is CNCc1cc(S(=O)(=O)Nc2cnn(C)c2)ccc1C. The molecule has 0 fully saturated rings. The van der Waals surface area contributed by atoms with E-state index in [1.807, 2.05) is 20.0 Å². The van der Waals surface area contributed by atoms with E-state index in [0.29, 0.717) is 12.2 Å². The lowest BCUT2D eigenvalue weighted by atomic mass is 10.1. The molecule has 2 aromatic rings. The predicted molar refractivity (Wildman–Crippen MR) is 78.0 cm³/mol. The van der Waals surface area contributed by atoms with Crippen molar-refractivity contribution in [3.8, 4) is 0 Å². The number of aryl methyl sites for hydroxylation is 2. The van der Waals surface area contributed by atoms with Gasteiger partial charge in [-0.1, -0.05) is 6.07 Å². The molecule has 0 bridgehead atoms. The third-order valence-corrected chi connectivity index (χ3v) is 4.33. The molecule has 1 aromatic heterocycles. The van der Waals surface area contributed by atoms with Crippen LogP contribution in [0.25, 0.3) is 0 Å². The molecule has 0 aliphatic carbocycles. The molecule has 7 heteroatoms. The summed E-state index contributed by atoms with van der Waals surface area (Å²) in [6.45, 7) is 2.58. The standard InChI is InChI=1S/C13H18N4O2S/c1-10-4-5-13(6-11(10)7-14-2)20(18,19)16-12-8-15-17(3)9-12/h4-6,8-9,14,16H,7H2,1-3H3. The van der Waals surface area contributed by atoms with E-state index in [-0.39, 0.29) is 4.90 Å². The zero-order valence-corrected chi connectivity index (χ0v) is 12.5. The number of nitrogens with zero attached hydrogens (tertiary/aromatic N) is 2. The summed E-state index contributed by atoms with van der Waals surface area (Å²) in [5.41, 5.74) is 2.46. The van der Waals surface area contributed by atoms with Gasteiger partial charge in [0.25, 0.3) is 10.0 Å². The molecule has 0 saturated heterocycles. The van der Waals surface area contributed by atoms with Crippen LogP contribution in [0.2, 0.25) is 0 Å². The number of anilines is 1. The van der Waals surface area contributed by atoms with Gasteiger partial charge in [0.05, 0.1) is 16.8 Å². The molecule has 0 unspecified atom stereocenters. The summed E-state index contributed by atoms with van der Waals surface area (Å²) in [5, 5.41) is 6.96. The minimum Gasteiger partial charge on any atom is -0.316 e. The summed E-state index contributed by atoms with van der Waals surface area (Å²) in [6, 6.07) is 5.10. The molecule has 0 radical (unpaired) electrons. The van der Waals surface area contributed by atoms with E-state index in [0.717, 1.165) is 11.1 Å². The van der Waals surface area contributed by atoms with Crippen molar-refractivity contribution in [2.75, 3.05) is 11.8 Å². The fraction of sp³-hybridized carbons (Fsp3) is 0.308. The van der Waals surface area contributed by atoms with E-state index < -0.39 is 10.0 Å². The molecule has 2 N–H and O–H groups in total. The Kier molecular flexibility index (Phi) is 4.10. The molecule has 1 aromatic carbocycles. The normalized spacial score (nSPS) is 11.6. The molecule has 0 amide bonds. The van der Waals surface area contributed by atoms with Crippen LogP contribution >= 0.6 is 0 Å². The molecule has 6 nitrogen and oxygen atoms in total. The fourth-order valence-corrected chi connectivity index (χ4v) is 2.96. The molecule has 0 aliphatic rings. The Morgan fingerprint density at radius 3 is 2.70 bits per heavy atom. The van der Waals surface area contributed by atoms with Gasteiger partial charge in [0.1, 0.15) is 0 Å². The van der Waals surface area contributed by atoms with E-state index in [4.69, 9.17) is 0 Å². The highest BCUT2D eigenvalue weighted by atomic mass is 32.2. The van der Waals surface area contributed by atoms with E-state index >= 15 is 0 Å². The molecule has 0 aliphatic heterocycles. The second-order valence-electron chi connectivity index (χ2n) is 4.63. The quantitative estimate of drug-likeness (QED) is 0.870.